The molecule has 5 heteroatoms. The first-order valence-electron chi connectivity index (χ1n) is 8.43. The Kier molecular flexibility index (Phi) is 5.86. The number of nitrogens with one attached hydrogen (secondary N) is 1. The van der Waals surface area contributed by atoms with Crippen LogP contribution in [0.3, 0.4) is 0 Å². The third kappa shape index (κ3) is 5.25. The van der Waals surface area contributed by atoms with E-state index < -0.39 is 11.7 Å². The van der Waals surface area contributed by atoms with Gasteiger partial charge >= 0.3 is 6.09 Å². The second-order valence-corrected chi connectivity index (χ2v) is 7.27. The van der Waals surface area contributed by atoms with Gasteiger partial charge in [-0.15, -0.1) is 0 Å². The largest absolute Gasteiger partial charge is 0.497 e. The first-order valence-corrected chi connectivity index (χ1v) is 8.43. The number of hydrogen-bond acceptors (Lipinski definition) is 4. The third-order valence-electron chi connectivity index (χ3n) is 4.21. The molecule has 1 saturated carbocycles. The van der Waals surface area contributed by atoms with Crippen molar-refractivity contribution in [2.24, 2.45) is 5.92 Å². The first-order chi connectivity index (χ1) is 11.3. The number of methoxy groups -OCH3 is 1. The van der Waals surface area contributed by atoms with Gasteiger partial charge in [0.15, 0.2) is 0 Å². The van der Waals surface area contributed by atoms with Gasteiger partial charge in [-0.3, -0.25) is 4.79 Å². The average Bonchev–Trinajstić information content (AvgIpc) is 2.52. The second kappa shape index (κ2) is 7.69. The Labute approximate surface area is 143 Å². The lowest BCUT2D eigenvalue weighted by Gasteiger charge is -2.31. The van der Waals surface area contributed by atoms with E-state index in [0.29, 0.717) is 18.6 Å². The maximum Gasteiger partial charge on any atom is 0.408 e. The van der Waals surface area contributed by atoms with E-state index in [9.17, 15) is 9.59 Å². The number of ether oxygens (including phenoxy) is 2. The molecule has 1 atom stereocenters. The summed E-state index contributed by atoms with van der Waals surface area (Å²) in [4.78, 5) is 23.8. The van der Waals surface area contributed by atoms with Crippen LogP contribution in [0.2, 0.25) is 0 Å². The number of rotatable bonds is 4. The molecule has 2 rings (SSSR count). The van der Waals surface area contributed by atoms with E-state index in [2.05, 4.69) is 5.32 Å². The second-order valence-electron chi connectivity index (χ2n) is 7.27. The Morgan fingerprint density at radius 1 is 1.17 bits per heavy atom. The molecule has 132 valence electrons. The molecule has 1 unspecified atom stereocenters. The lowest BCUT2D eigenvalue weighted by atomic mass is 9.80. The van der Waals surface area contributed by atoms with E-state index in [1.165, 1.54) is 0 Å². The van der Waals surface area contributed by atoms with Crippen LogP contribution in [0.5, 0.6) is 5.75 Å². The molecule has 0 aliphatic heterocycles. The number of carbonyl (C=O) groups excluding carboxylic acids is 2. The zero-order valence-corrected chi connectivity index (χ0v) is 14.9. The predicted octanol–water partition coefficient (Wildman–Crippen LogP) is 4.02. The van der Waals surface area contributed by atoms with E-state index in [4.69, 9.17) is 9.47 Å². The molecule has 0 saturated heterocycles. The molecule has 5 nitrogen and oxygen atoms in total. The average molecular weight is 333 g/mol. The van der Waals surface area contributed by atoms with Crippen molar-refractivity contribution < 1.29 is 19.1 Å². The highest BCUT2D eigenvalue weighted by Crippen LogP contribution is 2.34. The zero-order chi connectivity index (χ0) is 17.7. The molecule has 1 aliphatic rings. The standard InChI is InChI=1S/C19H27NO4/c1-19(2,3)24-18(22)20-17(13-5-9-15(21)10-6-13)14-7-11-16(23-4)12-8-14/h7-8,11-13,17H,5-6,9-10H2,1-4H3,(H,20,22). The Balaban J connectivity index is 2.16. The maximum atomic E-state index is 12.2. The number of amides is 1. The normalized spacial score (nSPS) is 17.2. The van der Waals surface area contributed by atoms with Crippen molar-refractivity contribution in [1.82, 2.24) is 5.32 Å². The number of benzene rings is 1. The number of alkyl carbamates (subject to hydrolysis) is 1. The highest BCUT2D eigenvalue weighted by Gasteiger charge is 2.30. The Bertz CT molecular complexity index is 564. The molecule has 0 heterocycles. The molecule has 1 aromatic carbocycles. The lowest BCUT2D eigenvalue weighted by molar-refractivity contribution is -0.121. The smallest absolute Gasteiger partial charge is 0.408 e. The van der Waals surface area contributed by atoms with Crippen LogP contribution in [0.15, 0.2) is 24.3 Å². The molecule has 1 fully saturated rings. The minimum Gasteiger partial charge on any atom is -0.497 e. The zero-order valence-electron chi connectivity index (χ0n) is 14.9. The van der Waals surface area contributed by atoms with Crippen molar-refractivity contribution in [3.63, 3.8) is 0 Å². The summed E-state index contributed by atoms with van der Waals surface area (Å²) in [5.74, 6) is 1.30. The molecular formula is C19H27NO4. The van der Waals surface area contributed by atoms with Crippen molar-refractivity contribution in [3.8, 4) is 5.75 Å². The minimum absolute atomic E-state index is 0.168. The van der Waals surface area contributed by atoms with Gasteiger partial charge in [-0.05, 0) is 57.2 Å². The van der Waals surface area contributed by atoms with Crippen molar-refractivity contribution in [2.75, 3.05) is 7.11 Å². The van der Waals surface area contributed by atoms with Crippen LogP contribution in [0.1, 0.15) is 58.1 Å². The SMILES string of the molecule is COc1ccc(C(NC(=O)OC(C)(C)C)C2CCC(=O)CC2)cc1. The summed E-state index contributed by atoms with van der Waals surface area (Å²) in [5, 5.41) is 3.00. The quantitative estimate of drug-likeness (QED) is 0.904. The van der Waals surface area contributed by atoms with Gasteiger partial charge in [-0.25, -0.2) is 4.79 Å². The van der Waals surface area contributed by atoms with E-state index >= 15 is 0 Å². The van der Waals surface area contributed by atoms with Gasteiger partial charge in [0.05, 0.1) is 13.2 Å². The molecule has 1 N–H and O–H groups in total. The lowest BCUT2D eigenvalue weighted by Crippen LogP contribution is -2.38. The summed E-state index contributed by atoms with van der Waals surface area (Å²) < 4.78 is 10.6. The van der Waals surface area contributed by atoms with Gasteiger partial charge in [0.25, 0.3) is 0 Å². The molecule has 0 radical (unpaired) electrons. The molecule has 1 aliphatic carbocycles. The van der Waals surface area contributed by atoms with Crippen LogP contribution in [0.4, 0.5) is 4.79 Å². The Morgan fingerprint density at radius 2 is 1.75 bits per heavy atom. The summed E-state index contributed by atoms with van der Waals surface area (Å²) in [7, 11) is 1.62. The number of carbonyl (C=O) groups is 2. The van der Waals surface area contributed by atoms with Gasteiger partial charge in [-0.1, -0.05) is 12.1 Å². The highest BCUT2D eigenvalue weighted by molar-refractivity contribution is 5.79. The van der Waals surface area contributed by atoms with Crippen LogP contribution < -0.4 is 10.1 Å². The molecule has 0 bridgehead atoms. The first kappa shape index (κ1) is 18.3. The number of Topliss-reactive ketones (excluding diaryl/α,β-unsaturated/α-hetero) is 1. The van der Waals surface area contributed by atoms with Gasteiger partial charge in [0, 0.05) is 12.8 Å². The Hall–Kier alpha value is -2.04. The third-order valence-corrected chi connectivity index (χ3v) is 4.21. The molecule has 24 heavy (non-hydrogen) atoms. The fourth-order valence-corrected chi connectivity index (χ4v) is 3.01. The van der Waals surface area contributed by atoms with Gasteiger partial charge < -0.3 is 14.8 Å². The summed E-state index contributed by atoms with van der Waals surface area (Å²) in [6.45, 7) is 5.52. The topological polar surface area (TPSA) is 64.6 Å². The summed E-state index contributed by atoms with van der Waals surface area (Å²) >= 11 is 0. The van der Waals surface area contributed by atoms with Crippen molar-refractivity contribution in [2.45, 2.75) is 58.1 Å². The number of ketones is 1. The van der Waals surface area contributed by atoms with E-state index in [-0.39, 0.29) is 12.0 Å². The van der Waals surface area contributed by atoms with Crippen molar-refractivity contribution in [3.05, 3.63) is 29.8 Å². The predicted molar refractivity (Wildman–Crippen MR) is 92.1 cm³/mol. The van der Waals surface area contributed by atoms with Gasteiger partial charge in [0.1, 0.15) is 17.1 Å². The van der Waals surface area contributed by atoms with E-state index in [0.717, 1.165) is 24.2 Å². The molecule has 0 spiro atoms. The van der Waals surface area contributed by atoms with Crippen LogP contribution >= 0.6 is 0 Å². The Morgan fingerprint density at radius 3 is 2.25 bits per heavy atom. The fourth-order valence-electron chi connectivity index (χ4n) is 3.01. The summed E-state index contributed by atoms with van der Waals surface area (Å²) in [5.41, 5.74) is 0.456. The molecule has 1 aromatic rings. The molecular weight excluding hydrogens is 306 g/mol. The summed E-state index contributed by atoms with van der Waals surface area (Å²) in [6, 6.07) is 7.51. The van der Waals surface area contributed by atoms with Crippen molar-refractivity contribution >= 4 is 11.9 Å². The van der Waals surface area contributed by atoms with Crippen LogP contribution in [0, 0.1) is 5.92 Å². The number of hydrogen-bond donors (Lipinski definition) is 1. The summed E-state index contributed by atoms with van der Waals surface area (Å²) in [6.07, 6.45) is 2.29. The van der Waals surface area contributed by atoms with Crippen LogP contribution in [-0.2, 0) is 9.53 Å². The minimum atomic E-state index is -0.545. The van der Waals surface area contributed by atoms with Gasteiger partial charge in [0.2, 0.25) is 0 Å². The molecule has 1 amide bonds. The van der Waals surface area contributed by atoms with Crippen LogP contribution in [-0.4, -0.2) is 24.6 Å². The van der Waals surface area contributed by atoms with Crippen LogP contribution in [0.25, 0.3) is 0 Å². The van der Waals surface area contributed by atoms with E-state index in [1.807, 2.05) is 45.0 Å². The van der Waals surface area contributed by atoms with Crippen molar-refractivity contribution in [1.29, 1.82) is 0 Å². The maximum absolute atomic E-state index is 12.2. The monoisotopic (exact) mass is 333 g/mol. The highest BCUT2D eigenvalue weighted by atomic mass is 16.6. The fraction of sp³-hybridized carbons (Fsp3) is 0.579. The molecule has 0 aromatic heterocycles. The van der Waals surface area contributed by atoms with E-state index in [1.54, 1.807) is 7.11 Å². The van der Waals surface area contributed by atoms with Gasteiger partial charge in [-0.2, -0.15) is 0 Å².